The fourth-order valence-corrected chi connectivity index (χ4v) is 2.70. The van der Waals surface area contributed by atoms with Gasteiger partial charge in [0.1, 0.15) is 6.04 Å². The quantitative estimate of drug-likeness (QED) is 0.640. The summed E-state index contributed by atoms with van der Waals surface area (Å²) in [4.78, 5) is 24.7. The fourth-order valence-electron chi connectivity index (χ4n) is 2.70. The summed E-state index contributed by atoms with van der Waals surface area (Å²) in [6.07, 6.45) is 3.45. The molecule has 0 radical (unpaired) electrons. The van der Waals surface area contributed by atoms with Gasteiger partial charge in [-0.3, -0.25) is 4.79 Å². The molecule has 0 heterocycles. The van der Waals surface area contributed by atoms with E-state index >= 15 is 0 Å². The monoisotopic (exact) mass is 341 g/mol. The summed E-state index contributed by atoms with van der Waals surface area (Å²) in [7, 11) is 0. The van der Waals surface area contributed by atoms with Crippen LogP contribution in [0.15, 0.2) is 42.5 Å². The van der Waals surface area contributed by atoms with E-state index < -0.39 is 12.1 Å². The molecule has 25 heavy (non-hydrogen) atoms. The van der Waals surface area contributed by atoms with E-state index in [-0.39, 0.29) is 5.78 Å². The van der Waals surface area contributed by atoms with E-state index in [0.717, 1.165) is 42.0 Å². The number of benzene rings is 2. The topological polar surface area (TPSA) is 55.4 Å². The molecule has 2 rings (SSSR count). The lowest BCUT2D eigenvalue weighted by atomic mass is 9.96. The second-order valence-corrected chi connectivity index (χ2v) is 6.24. The number of ketones is 1. The molecule has 0 aliphatic heterocycles. The van der Waals surface area contributed by atoms with E-state index in [9.17, 15) is 9.59 Å². The molecule has 134 valence electrons. The van der Waals surface area contributed by atoms with Gasteiger partial charge in [-0.1, -0.05) is 63.1 Å². The van der Waals surface area contributed by atoms with Crippen LogP contribution in [0.2, 0.25) is 0 Å². The molecule has 0 saturated heterocycles. The lowest BCUT2D eigenvalue weighted by molar-refractivity contribution is -0.121. The smallest absolute Gasteiger partial charge is 0.407 e. The van der Waals surface area contributed by atoms with Crippen molar-refractivity contribution in [2.24, 2.45) is 0 Å². The molecule has 0 aromatic heterocycles. The van der Waals surface area contributed by atoms with Crippen LogP contribution in [0.1, 0.15) is 57.6 Å². The number of nitrogens with one attached hydrogen (secondary N) is 1. The maximum absolute atomic E-state index is 12.6. The molecule has 1 amide bonds. The van der Waals surface area contributed by atoms with Crippen LogP contribution in [0.5, 0.6) is 0 Å². The minimum Gasteiger partial charge on any atom is -0.450 e. The number of Topliss-reactive ketones (excluding diaryl/α,β-unsaturated/α-hetero) is 1. The Bertz CT molecular complexity index is 711. The lowest BCUT2D eigenvalue weighted by Gasteiger charge is -2.18. The van der Waals surface area contributed by atoms with Gasteiger partial charge >= 0.3 is 6.09 Å². The van der Waals surface area contributed by atoms with Crippen molar-refractivity contribution in [3.05, 3.63) is 48.0 Å². The van der Waals surface area contributed by atoms with Crippen LogP contribution in [0.25, 0.3) is 10.8 Å². The number of alkyl carbamates (subject to hydrolysis) is 1. The van der Waals surface area contributed by atoms with Crippen molar-refractivity contribution in [3.63, 3.8) is 0 Å². The fraction of sp³-hybridized carbons (Fsp3) is 0.429. The average molecular weight is 341 g/mol. The predicted octanol–water partition coefficient (Wildman–Crippen LogP) is 5.17. The minimum absolute atomic E-state index is 0.0181. The lowest BCUT2D eigenvalue weighted by Crippen LogP contribution is -2.34. The van der Waals surface area contributed by atoms with Crippen molar-refractivity contribution in [2.45, 2.75) is 52.0 Å². The molecular weight excluding hydrogens is 314 g/mol. The number of hydrogen-bond acceptors (Lipinski definition) is 3. The molecular formula is C21H27NO3. The molecule has 1 atom stereocenters. The van der Waals surface area contributed by atoms with Crippen molar-refractivity contribution in [2.75, 3.05) is 6.61 Å². The number of fused-ring (bicyclic) bond motifs is 1. The first-order chi connectivity index (χ1) is 12.2. The zero-order chi connectivity index (χ0) is 18.1. The van der Waals surface area contributed by atoms with Gasteiger partial charge in [0, 0.05) is 6.42 Å². The van der Waals surface area contributed by atoms with Crippen molar-refractivity contribution in [3.8, 4) is 0 Å². The Morgan fingerprint density at radius 1 is 1.00 bits per heavy atom. The first-order valence-corrected chi connectivity index (χ1v) is 9.10. The molecule has 0 aliphatic rings. The molecule has 1 N–H and O–H groups in total. The largest absolute Gasteiger partial charge is 0.450 e. The third-order valence-electron chi connectivity index (χ3n) is 4.20. The third kappa shape index (κ3) is 5.59. The molecule has 0 fully saturated rings. The normalized spacial score (nSPS) is 11.9. The summed E-state index contributed by atoms with van der Waals surface area (Å²) in [6.45, 7) is 4.45. The molecule has 2 aromatic carbocycles. The molecule has 4 heteroatoms. The number of unbranched alkanes of at least 4 members (excludes halogenated alkanes) is 2. The van der Waals surface area contributed by atoms with E-state index in [4.69, 9.17) is 4.74 Å². The Kier molecular flexibility index (Phi) is 7.45. The van der Waals surface area contributed by atoms with Gasteiger partial charge < -0.3 is 10.1 Å². The van der Waals surface area contributed by atoms with Gasteiger partial charge in [-0.05, 0) is 35.2 Å². The highest BCUT2D eigenvalue weighted by Gasteiger charge is 2.23. The summed E-state index contributed by atoms with van der Waals surface area (Å²) >= 11 is 0. The zero-order valence-electron chi connectivity index (χ0n) is 15.1. The number of amides is 1. The first kappa shape index (κ1) is 19.0. The van der Waals surface area contributed by atoms with Crippen LogP contribution in [-0.4, -0.2) is 18.5 Å². The second-order valence-electron chi connectivity index (χ2n) is 6.24. The standard InChI is InChI=1S/C21H27NO3/c1-3-5-11-19(23)20(22-21(24)25-14-6-4-2)18-13-12-16-9-7-8-10-17(16)15-18/h7-10,12-13,15,20H,3-6,11,14H2,1-2H3,(H,22,24). The van der Waals surface area contributed by atoms with Gasteiger partial charge in [-0.15, -0.1) is 0 Å². The Morgan fingerprint density at radius 2 is 1.72 bits per heavy atom. The number of carbonyl (C=O) groups is 2. The van der Waals surface area contributed by atoms with Gasteiger partial charge in [0.15, 0.2) is 5.78 Å². The van der Waals surface area contributed by atoms with E-state index in [0.29, 0.717) is 13.0 Å². The Hall–Kier alpha value is -2.36. The Labute approximate surface area is 149 Å². The first-order valence-electron chi connectivity index (χ1n) is 9.10. The molecule has 0 saturated carbocycles. The van der Waals surface area contributed by atoms with Gasteiger partial charge in [-0.2, -0.15) is 0 Å². The van der Waals surface area contributed by atoms with E-state index in [1.807, 2.05) is 56.3 Å². The van der Waals surface area contributed by atoms with Gasteiger partial charge in [0.25, 0.3) is 0 Å². The molecule has 2 aromatic rings. The highest BCUT2D eigenvalue weighted by molar-refractivity contribution is 5.90. The number of rotatable bonds is 9. The SMILES string of the molecule is CCCCOC(=O)NC(C(=O)CCCC)c1ccc2ccccc2c1. The van der Waals surface area contributed by atoms with Gasteiger partial charge in [0.2, 0.25) is 0 Å². The number of carbonyl (C=O) groups excluding carboxylic acids is 2. The van der Waals surface area contributed by atoms with Crippen molar-refractivity contribution >= 4 is 22.6 Å². The predicted molar refractivity (Wildman–Crippen MR) is 101 cm³/mol. The molecule has 0 spiro atoms. The highest BCUT2D eigenvalue weighted by atomic mass is 16.5. The highest BCUT2D eigenvalue weighted by Crippen LogP contribution is 2.23. The summed E-state index contributed by atoms with van der Waals surface area (Å²) in [6, 6.07) is 13.2. The van der Waals surface area contributed by atoms with Crippen molar-refractivity contribution < 1.29 is 14.3 Å². The van der Waals surface area contributed by atoms with Crippen LogP contribution in [0.4, 0.5) is 4.79 Å². The summed E-state index contributed by atoms with van der Waals surface area (Å²) in [5.74, 6) is 0.0181. The van der Waals surface area contributed by atoms with Gasteiger partial charge in [0.05, 0.1) is 6.61 Å². The molecule has 0 aliphatic carbocycles. The maximum Gasteiger partial charge on any atom is 0.407 e. The summed E-state index contributed by atoms with van der Waals surface area (Å²) in [5.41, 5.74) is 0.798. The third-order valence-corrected chi connectivity index (χ3v) is 4.20. The van der Waals surface area contributed by atoms with Crippen LogP contribution in [0.3, 0.4) is 0 Å². The van der Waals surface area contributed by atoms with Crippen LogP contribution in [0, 0.1) is 0 Å². The average Bonchev–Trinajstić information content (AvgIpc) is 2.64. The van der Waals surface area contributed by atoms with E-state index in [2.05, 4.69) is 5.32 Å². The van der Waals surface area contributed by atoms with Crippen molar-refractivity contribution in [1.82, 2.24) is 5.32 Å². The number of hydrogen-bond donors (Lipinski definition) is 1. The maximum atomic E-state index is 12.6. The van der Waals surface area contributed by atoms with E-state index in [1.165, 1.54) is 0 Å². The van der Waals surface area contributed by atoms with E-state index in [1.54, 1.807) is 0 Å². The number of ether oxygens (including phenoxy) is 1. The zero-order valence-corrected chi connectivity index (χ0v) is 15.1. The van der Waals surface area contributed by atoms with Crippen LogP contribution < -0.4 is 5.32 Å². The molecule has 4 nitrogen and oxygen atoms in total. The van der Waals surface area contributed by atoms with Crippen LogP contribution >= 0.6 is 0 Å². The van der Waals surface area contributed by atoms with Gasteiger partial charge in [-0.25, -0.2) is 4.79 Å². The van der Waals surface area contributed by atoms with Crippen LogP contribution in [-0.2, 0) is 9.53 Å². The molecule has 0 bridgehead atoms. The minimum atomic E-state index is -0.662. The Balaban J connectivity index is 2.19. The summed E-state index contributed by atoms with van der Waals surface area (Å²) < 4.78 is 5.17. The van der Waals surface area contributed by atoms with Crippen molar-refractivity contribution in [1.29, 1.82) is 0 Å². The summed E-state index contributed by atoms with van der Waals surface area (Å²) in [5, 5.41) is 4.91. The molecule has 1 unspecified atom stereocenters. The second kappa shape index (κ2) is 9.82. The Morgan fingerprint density at radius 3 is 2.44 bits per heavy atom.